The quantitative estimate of drug-likeness (QED) is 0.520. The number of amidine groups is 1. The van der Waals surface area contributed by atoms with Gasteiger partial charge < -0.3 is 10.2 Å². The minimum atomic E-state index is -1.30. The smallest absolute Gasteiger partial charge is 0.244 e. The number of amides is 2. The van der Waals surface area contributed by atoms with Crippen LogP contribution < -0.4 is 16.4 Å². The van der Waals surface area contributed by atoms with Crippen molar-refractivity contribution in [1.82, 2.24) is 20.8 Å². The minimum Gasteiger partial charge on any atom is -0.343 e. The summed E-state index contributed by atoms with van der Waals surface area (Å²) >= 11 is 0. The van der Waals surface area contributed by atoms with Crippen LogP contribution in [0.15, 0.2) is 53.6 Å². The summed E-state index contributed by atoms with van der Waals surface area (Å²) in [4.78, 5) is 27.7. The van der Waals surface area contributed by atoms with Crippen LogP contribution in [0.2, 0.25) is 0 Å². The highest BCUT2D eigenvalue weighted by molar-refractivity contribution is 5.91. The van der Waals surface area contributed by atoms with Crippen LogP contribution in [0.3, 0.4) is 0 Å². The van der Waals surface area contributed by atoms with E-state index >= 15 is 0 Å². The van der Waals surface area contributed by atoms with Crippen LogP contribution in [0.25, 0.3) is 0 Å². The average Bonchev–Trinajstić information content (AvgIpc) is 3.50. The van der Waals surface area contributed by atoms with E-state index in [1.54, 1.807) is 18.0 Å². The topological polar surface area (TPSA) is 93.7 Å². The third kappa shape index (κ3) is 5.03. The van der Waals surface area contributed by atoms with Gasteiger partial charge in [-0.1, -0.05) is 42.5 Å². The van der Waals surface area contributed by atoms with Gasteiger partial charge in [0.15, 0.2) is 5.84 Å². The molecule has 0 radical (unpaired) electrons. The fourth-order valence-corrected chi connectivity index (χ4v) is 4.74. The molecule has 10 heteroatoms. The molecule has 5 rings (SSSR count). The van der Waals surface area contributed by atoms with Gasteiger partial charge in [0.1, 0.15) is 24.6 Å². The maximum absolute atomic E-state index is 14.9. The first-order valence-corrected chi connectivity index (χ1v) is 11.9. The molecule has 2 fully saturated rings. The second-order valence-electron chi connectivity index (χ2n) is 9.32. The van der Waals surface area contributed by atoms with Gasteiger partial charge in [-0.2, -0.15) is 0 Å². The largest absolute Gasteiger partial charge is 0.343 e. The lowest BCUT2D eigenvalue weighted by Crippen LogP contribution is -2.87. The zero-order valence-electron chi connectivity index (χ0n) is 19.5. The summed E-state index contributed by atoms with van der Waals surface area (Å²) < 4.78 is 29.3. The van der Waals surface area contributed by atoms with E-state index in [0.29, 0.717) is 17.0 Å². The number of nitrogens with one attached hydrogen (secondary N) is 2. The van der Waals surface area contributed by atoms with Gasteiger partial charge in [0, 0.05) is 13.3 Å². The number of carbonyl (C=O) groups excluding carboxylic acids is 2. The number of rotatable bonds is 7. The van der Waals surface area contributed by atoms with Crippen molar-refractivity contribution >= 4 is 17.6 Å². The first-order valence-electron chi connectivity index (χ1n) is 11.9. The Morgan fingerprint density at radius 3 is 2.63 bits per heavy atom. The van der Waals surface area contributed by atoms with E-state index < -0.39 is 24.2 Å². The van der Waals surface area contributed by atoms with Gasteiger partial charge in [-0.15, -0.1) is 5.53 Å². The summed E-state index contributed by atoms with van der Waals surface area (Å²) in [6.07, 6.45) is 0.594. The summed E-state index contributed by atoms with van der Waals surface area (Å²) in [5.74, 6) is -0.251. The molecule has 3 atom stereocenters. The highest BCUT2D eigenvalue weighted by atomic mass is 19.1. The number of hydrogen-bond acceptors (Lipinski definition) is 5. The lowest BCUT2D eigenvalue weighted by molar-refractivity contribution is -0.725. The van der Waals surface area contributed by atoms with E-state index in [1.807, 2.05) is 36.4 Å². The van der Waals surface area contributed by atoms with Gasteiger partial charge in [0.05, 0.1) is 12.6 Å². The molecule has 1 saturated heterocycles. The molecule has 1 saturated carbocycles. The number of quaternary nitrogens is 1. The van der Waals surface area contributed by atoms with Crippen molar-refractivity contribution in [3.8, 4) is 0 Å². The van der Waals surface area contributed by atoms with Crippen molar-refractivity contribution in [2.75, 3.05) is 13.1 Å². The maximum atomic E-state index is 14.9. The van der Waals surface area contributed by atoms with Gasteiger partial charge in [-0.3, -0.25) is 9.59 Å². The first kappa shape index (κ1) is 23.4. The second-order valence-corrected chi connectivity index (χ2v) is 9.32. The molecule has 2 aromatic rings. The molecule has 1 aliphatic carbocycles. The maximum Gasteiger partial charge on any atom is 0.244 e. The lowest BCUT2D eigenvalue weighted by Gasteiger charge is -2.28. The molecular formula is C25H29F2N6O2+. The Morgan fingerprint density at radius 2 is 1.97 bits per heavy atom. The molecule has 184 valence electrons. The number of hydrazine groups is 1. The second kappa shape index (κ2) is 9.71. The Hall–Kier alpha value is -3.37. The summed E-state index contributed by atoms with van der Waals surface area (Å²) in [5, 5.41) is 8.56. The Balaban J connectivity index is 1.36. The van der Waals surface area contributed by atoms with Crippen LogP contribution in [-0.4, -0.2) is 52.9 Å². The SMILES string of the molecule is CC1=N[NH2+]NN1CC(=O)N1C[C@H](F)C[C@H]1C(=O)N[C@@H](c1ccccc1)c1ccc(C2CC2)c(F)c1. The molecule has 3 aliphatic rings. The van der Waals surface area contributed by atoms with E-state index in [-0.39, 0.29) is 37.2 Å². The molecule has 2 aliphatic heterocycles. The highest BCUT2D eigenvalue weighted by Crippen LogP contribution is 2.42. The number of hydrogen-bond donors (Lipinski definition) is 3. The van der Waals surface area contributed by atoms with Crippen molar-refractivity contribution in [2.24, 2.45) is 5.10 Å². The van der Waals surface area contributed by atoms with Crippen molar-refractivity contribution in [3.05, 3.63) is 71.0 Å². The molecule has 2 aromatic carbocycles. The number of nitrogens with two attached hydrogens (primary N) is 1. The van der Waals surface area contributed by atoms with E-state index in [0.717, 1.165) is 18.4 Å². The number of carbonyl (C=O) groups is 2. The number of likely N-dealkylation sites (tertiary alicyclic amines) is 1. The normalized spacial score (nSPS) is 22.8. The molecule has 0 unspecified atom stereocenters. The summed E-state index contributed by atoms with van der Waals surface area (Å²) in [6, 6.07) is 12.8. The third-order valence-corrected chi connectivity index (χ3v) is 6.82. The van der Waals surface area contributed by atoms with Crippen molar-refractivity contribution in [2.45, 2.75) is 50.4 Å². The van der Waals surface area contributed by atoms with Gasteiger partial charge >= 0.3 is 0 Å². The summed E-state index contributed by atoms with van der Waals surface area (Å²) in [7, 11) is 0. The Morgan fingerprint density at radius 1 is 1.20 bits per heavy atom. The lowest BCUT2D eigenvalue weighted by atomic mass is 9.96. The van der Waals surface area contributed by atoms with Crippen molar-refractivity contribution < 1.29 is 23.9 Å². The van der Waals surface area contributed by atoms with Crippen LogP contribution in [0, 0.1) is 5.82 Å². The van der Waals surface area contributed by atoms with Gasteiger partial charge in [0.2, 0.25) is 11.8 Å². The van der Waals surface area contributed by atoms with Gasteiger partial charge in [-0.25, -0.2) is 13.8 Å². The zero-order chi connectivity index (χ0) is 24.5. The average molecular weight is 484 g/mol. The monoisotopic (exact) mass is 483 g/mol. The van der Waals surface area contributed by atoms with Crippen LogP contribution in [0.1, 0.15) is 54.8 Å². The summed E-state index contributed by atoms with van der Waals surface area (Å²) in [5.41, 5.74) is 6.38. The molecule has 8 nitrogen and oxygen atoms in total. The molecule has 0 spiro atoms. The standard InChI is InChI=1S/C25H28F2N6O2/c1-15-29-30-31-33(15)14-23(34)32-13-19(26)12-22(32)25(35)28-24(17-5-3-2-4-6-17)18-9-10-20(16-7-8-16)21(27)11-18/h2-6,9-11,16,19,22,24,30-31H,7-8,12-14H2,1H3,(H,28,35)/p+1/t19-,22+,24+/m1/s1. The molecule has 0 aromatic heterocycles. The highest BCUT2D eigenvalue weighted by Gasteiger charge is 2.41. The number of alkyl halides is 1. The van der Waals surface area contributed by atoms with E-state index in [4.69, 9.17) is 0 Å². The predicted octanol–water partition coefficient (Wildman–Crippen LogP) is 1.48. The van der Waals surface area contributed by atoms with Crippen LogP contribution >= 0.6 is 0 Å². The molecule has 4 N–H and O–H groups in total. The van der Waals surface area contributed by atoms with Crippen LogP contribution in [-0.2, 0) is 9.59 Å². The van der Waals surface area contributed by atoms with E-state index in [1.165, 1.54) is 16.5 Å². The first-order chi connectivity index (χ1) is 16.9. The summed E-state index contributed by atoms with van der Waals surface area (Å²) in [6.45, 7) is 1.53. The fourth-order valence-electron chi connectivity index (χ4n) is 4.74. The van der Waals surface area contributed by atoms with Gasteiger partial charge in [-0.05, 0) is 52.2 Å². The Kier molecular flexibility index (Phi) is 6.48. The van der Waals surface area contributed by atoms with Crippen LogP contribution in [0.5, 0.6) is 0 Å². The minimum absolute atomic E-state index is 0.0711. The van der Waals surface area contributed by atoms with Crippen molar-refractivity contribution in [3.63, 3.8) is 0 Å². The van der Waals surface area contributed by atoms with E-state index in [9.17, 15) is 18.4 Å². The molecular weight excluding hydrogens is 454 g/mol. The van der Waals surface area contributed by atoms with E-state index in [2.05, 4.69) is 16.0 Å². The Labute approximate surface area is 202 Å². The molecule has 0 bridgehead atoms. The van der Waals surface area contributed by atoms with Crippen LogP contribution in [0.4, 0.5) is 8.78 Å². The van der Waals surface area contributed by atoms with Crippen molar-refractivity contribution in [1.29, 1.82) is 0 Å². The fraction of sp³-hybridized carbons (Fsp3) is 0.400. The number of halogens is 2. The predicted molar refractivity (Wildman–Crippen MR) is 125 cm³/mol. The number of nitrogens with zero attached hydrogens (tertiary/aromatic N) is 3. The Bertz CT molecular complexity index is 1140. The molecule has 2 heterocycles. The molecule has 2 amide bonds. The zero-order valence-corrected chi connectivity index (χ0v) is 19.5. The van der Waals surface area contributed by atoms with Gasteiger partial charge in [0.25, 0.3) is 0 Å². The third-order valence-electron chi connectivity index (χ3n) is 6.82. The molecule has 35 heavy (non-hydrogen) atoms. The number of benzene rings is 2.